The van der Waals surface area contributed by atoms with Crippen molar-refractivity contribution in [2.24, 2.45) is 0 Å². The zero-order valence-electron chi connectivity index (χ0n) is 10.3. The molecule has 15 heavy (non-hydrogen) atoms. The molecule has 0 radical (unpaired) electrons. The molecule has 0 aliphatic heterocycles. The highest BCUT2D eigenvalue weighted by atomic mass is 35.5. The smallest absolute Gasteiger partial charge is 0.0132 e. The minimum atomic E-state index is 0. The van der Waals surface area contributed by atoms with Crippen molar-refractivity contribution in [1.82, 2.24) is 5.32 Å². The molecule has 0 aromatic heterocycles. The Kier molecular flexibility index (Phi) is 19.0. The minimum absolute atomic E-state index is 0. The number of hydrogen-bond donors (Lipinski definition) is 1. The highest BCUT2D eigenvalue weighted by Gasteiger charge is 1.90. The molecule has 0 aliphatic carbocycles. The van der Waals surface area contributed by atoms with Crippen LogP contribution in [0, 0.1) is 0 Å². The van der Waals surface area contributed by atoms with E-state index in [1.165, 1.54) is 51.4 Å². The van der Waals surface area contributed by atoms with E-state index < -0.39 is 0 Å². The van der Waals surface area contributed by atoms with Crippen LogP contribution < -0.4 is 5.32 Å². The van der Waals surface area contributed by atoms with Crippen molar-refractivity contribution in [3.05, 3.63) is 12.7 Å². The van der Waals surface area contributed by atoms with Gasteiger partial charge in [0.2, 0.25) is 0 Å². The van der Waals surface area contributed by atoms with Gasteiger partial charge in [0.25, 0.3) is 0 Å². The van der Waals surface area contributed by atoms with E-state index in [4.69, 9.17) is 0 Å². The number of halogens is 1. The maximum absolute atomic E-state index is 3.67. The van der Waals surface area contributed by atoms with Gasteiger partial charge in [-0.05, 0) is 13.0 Å². The molecule has 0 aliphatic rings. The second-order valence-electron chi connectivity index (χ2n) is 3.97. The Hall–Kier alpha value is -0.0100. The first-order valence-corrected chi connectivity index (χ1v) is 6.23. The van der Waals surface area contributed by atoms with Gasteiger partial charge in [0.15, 0.2) is 0 Å². The van der Waals surface area contributed by atoms with Crippen molar-refractivity contribution >= 4 is 12.4 Å². The third-order valence-electron chi connectivity index (χ3n) is 2.50. The lowest BCUT2D eigenvalue weighted by molar-refractivity contribution is 0.563. The van der Waals surface area contributed by atoms with Crippen LogP contribution in [0.2, 0.25) is 0 Å². The average Bonchev–Trinajstić information content (AvgIpc) is 2.21. The van der Waals surface area contributed by atoms with E-state index in [-0.39, 0.29) is 12.4 Å². The third kappa shape index (κ3) is 16.7. The molecule has 0 unspecified atom stereocenters. The minimum Gasteiger partial charge on any atom is -0.313 e. The summed E-state index contributed by atoms with van der Waals surface area (Å²) in [7, 11) is 0. The topological polar surface area (TPSA) is 12.0 Å². The molecule has 92 valence electrons. The molecular weight excluding hydrogens is 206 g/mol. The summed E-state index contributed by atoms with van der Waals surface area (Å²) >= 11 is 0. The van der Waals surface area contributed by atoms with E-state index in [1.54, 1.807) is 0 Å². The zero-order chi connectivity index (χ0) is 10.5. The van der Waals surface area contributed by atoms with Gasteiger partial charge in [-0.25, -0.2) is 0 Å². The molecule has 0 heterocycles. The van der Waals surface area contributed by atoms with Crippen molar-refractivity contribution in [3.63, 3.8) is 0 Å². The summed E-state index contributed by atoms with van der Waals surface area (Å²) in [5.74, 6) is 0. The molecule has 0 aromatic rings. The number of hydrogen-bond acceptors (Lipinski definition) is 1. The molecule has 1 nitrogen and oxygen atoms in total. The molecule has 0 bridgehead atoms. The average molecular weight is 234 g/mol. The quantitative estimate of drug-likeness (QED) is 0.414. The predicted molar refractivity (Wildman–Crippen MR) is 72.9 cm³/mol. The zero-order valence-corrected chi connectivity index (χ0v) is 11.1. The highest BCUT2D eigenvalue weighted by molar-refractivity contribution is 5.85. The van der Waals surface area contributed by atoms with Crippen LogP contribution in [0.1, 0.15) is 58.3 Å². The molecule has 0 spiro atoms. The van der Waals surface area contributed by atoms with Gasteiger partial charge in [0.1, 0.15) is 0 Å². The summed E-state index contributed by atoms with van der Waals surface area (Å²) < 4.78 is 0. The van der Waals surface area contributed by atoms with Gasteiger partial charge in [-0.3, -0.25) is 0 Å². The van der Waals surface area contributed by atoms with Gasteiger partial charge in [-0.1, -0.05) is 57.9 Å². The molecule has 0 aromatic carbocycles. The summed E-state index contributed by atoms with van der Waals surface area (Å²) in [6.45, 7) is 8.05. The first-order chi connectivity index (χ1) is 6.91. The fourth-order valence-corrected chi connectivity index (χ4v) is 1.59. The maximum atomic E-state index is 3.67. The van der Waals surface area contributed by atoms with E-state index in [9.17, 15) is 0 Å². The highest BCUT2D eigenvalue weighted by Crippen LogP contribution is 2.07. The molecule has 0 fully saturated rings. The van der Waals surface area contributed by atoms with Crippen molar-refractivity contribution in [2.75, 3.05) is 13.1 Å². The lowest BCUT2D eigenvalue weighted by Crippen LogP contribution is -2.14. The summed E-state index contributed by atoms with van der Waals surface area (Å²) in [5, 5.41) is 3.33. The monoisotopic (exact) mass is 233 g/mol. The lowest BCUT2D eigenvalue weighted by atomic mass is 10.1. The maximum Gasteiger partial charge on any atom is 0.0132 e. The van der Waals surface area contributed by atoms with E-state index in [0.29, 0.717) is 0 Å². The van der Waals surface area contributed by atoms with Gasteiger partial charge < -0.3 is 5.32 Å². The molecule has 0 rings (SSSR count). The Morgan fingerprint density at radius 2 is 1.47 bits per heavy atom. The van der Waals surface area contributed by atoms with Crippen LogP contribution in [0.15, 0.2) is 12.7 Å². The van der Waals surface area contributed by atoms with Crippen molar-refractivity contribution < 1.29 is 0 Å². The van der Waals surface area contributed by atoms with Gasteiger partial charge in [-0.15, -0.1) is 19.0 Å². The Morgan fingerprint density at radius 1 is 0.933 bits per heavy atom. The normalized spacial score (nSPS) is 9.67. The predicted octanol–water partition coefficient (Wildman–Crippen LogP) is 4.32. The van der Waals surface area contributed by atoms with Crippen molar-refractivity contribution in [1.29, 1.82) is 0 Å². The SMILES string of the molecule is C=CCNCCCCCCCCCC.Cl. The molecular formula is C13H28ClN. The van der Waals surface area contributed by atoms with Crippen LogP contribution in [0.4, 0.5) is 0 Å². The van der Waals surface area contributed by atoms with Crippen LogP contribution in [0.5, 0.6) is 0 Å². The van der Waals surface area contributed by atoms with E-state index in [1.807, 2.05) is 6.08 Å². The first kappa shape index (κ1) is 17.4. The van der Waals surface area contributed by atoms with E-state index in [0.717, 1.165) is 13.1 Å². The van der Waals surface area contributed by atoms with Crippen molar-refractivity contribution in [3.8, 4) is 0 Å². The summed E-state index contributed by atoms with van der Waals surface area (Å²) in [6, 6.07) is 0. The van der Waals surface area contributed by atoms with Gasteiger partial charge in [0, 0.05) is 6.54 Å². The van der Waals surface area contributed by atoms with Gasteiger partial charge >= 0.3 is 0 Å². The molecule has 2 heteroatoms. The molecule has 1 N–H and O–H groups in total. The summed E-state index contributed by atoms with van der Waals surface area (Å²) in [4.78, 5) is 0. The van der Waals surface area contributed by atoms with Crippen LogP contribution in [0.25, 0.3) is 0 Å². The molecule has 0 atom stereocenters. The molecule has 0 saturated carbocycles. The standard InChI is InChI=1S/C13H27N.ClH/c1-3-5-6-7-8-9-10-11-13-14-12-4-2;/h4,14H,2-3,5-13H2,1H3;1H. The number of rotatable bonds is 11. The van der Waals surface area contributed by atoms with Gasteiger partial charge in [-0.2, -0.15) is 0 Å². The molecule has 0 amide bonds. The largest absolute Gasteiger partial charge is 0.313 e. The third-order valence-corrected chi connectivity index (χ3v) is 2.50. The van der Waals surface area contributed by atoms with E-state index >= 15 is 0 Å². The van der Waals surface area contributed by atoms with Crippen molar-refractivity contribution in [2.45, 2.75) is 58.3 Å². The Bertz CT molecular complexity index is 115. The fraction of sp³-hybridized carbons (Fsp3) is 0.846. The Balaban J connectivity index is 0. The summed E-state index contributed by atoms with van der Waals surface area (Å²) in [5.41, 5.74) is 0. The fourth-order valence-electron chi connectivity index (χ4n) is 1.59. The number of nitrogens with one attached hydrogen (secondary N) is 1. The molecule has 0 saturated heterocycles. The van der Waals surface area contributed by atoms with Crippen LogP contribution in [-0.2, 0) is 0 Å². The Labute approximate surface area is 102 Å². The second-order valence-corrected chi connectivity index (χ2v) is 3.97. The van der Waals surface area contributed by atoms with Crippen LogP contribution in [-0.4, -0.2) is 13.1 Å². The second kappa shape index (κ2) is 16.4. The van der Waals surface area contributed by atoms with Crippen LogP contribution in [0.3, 0.4) is 0 Å². The first-order valence-electron chi connectivity index (χ1n) is 6.23. The Morgan fingerprint density at radius 3 is 2.00 bits per heavy atom. The van der Waals surface area contributed by atoms with Gasteiger partial charge in [0.05, 0.1) is 0 Å². The lowest BCUT2D eigenvalue weighted by Gasteiger charge is -2.02. The van der Waals surface area contributed by atoms with Crippen LogP contribution >= 0.6 is 12.4 Å². The number of unbranched alkanes of at least 4 members (excludes halogenated alkanes) is 7. The summed E-state index contributed by atoms with van der Waals surface area (Å²) in [6.07, 6.45) is 13.1. The van der Waals surface area contributed by atoms with E-state index in [2.05, 4.69) is 18.8 Å².